The number of carbonyl (C=O) groups is 2. The normalized spacial score (nSPS) is 31.1. The Labute approximate surface area is 121 Å². The Kier molecular flexibility index (Phi) is 5.21. The third-order valence-corrected chi connectivity index (χ3v) is 4.45. The molecule has 0 saturated heterocycles. The molecule has 3 aliphatic carbocycles. The summed E-state index contributed by atoms with van der Waals surface area (Å²) in [4.78, 5) is 24.8. The van der Waals surface area contributed by atoms with Crippen LogP contribution in [-0.2, 0) is 9.59 Å². The van der Waals surface area contributed by atoms with Gasteiger partial charge in [0.1, 0.15) is 0 Å². The first kappa shape index (κ1) is 15.1. The monoisotopic (exact) mass is 278 g/mol. The SMILES string of the molecule is CCCNC(=O)[C@@H]1[C@H](C(=O)NCCC)[C@H]2C=C[C@H]1CC2. The van der Waals surface area contributed by atoms with Gasteiger partial charge in [0.2, 0.25) is 11.8 Å². The number of allylic oxidation sites excluding steroid dienone is 2. The van der Waals surface area contributed by atoms with Crippen LogP contribution < -0.4 is 10.6 Å². The lowest BCUT2D eigenvalue weighted by molar-refractivity contribution is -0.140. The Morgan fingerprint density at radius 1 is 0.900 bits per heavy atom. The van der Waals surface area contributed by atoms with E-state index in [4.69, 9.17) is 0 Å². The van der Waals surface area contributed by atoms with Crippen LogP contribution in [0.3, 0.4) is 0 Å². The highest BCUT2D eigenvalue weighted by Gasteiger charge is 2.47. The molecule has 0 spiro atoms. The van der Waals surface area contributed by atoms with Gasteiger partial charge < -0.3 is 10.6 Å². The third-order valence-electron chi connectivity index (χ3n) is 4.45. The highest BCUT2D eigenvalue weighted by Crippen LogP contribution is 2.45. The Morgan fingerprint density at radius 2 is 1.30 bits per heavy atom. The molecule has 2 N–H and O–H groups in total. The lowest BCUT2D eigenvalue weighted by Gasteiger charge is -2.43. The number of hydrogen-bond donors (Lipinski definition) is 2. The van der Waals surface area contributed by atoms with Gasteiger partial charge in [0.15, 0.2) is 0 Å². The number of nitrogens with one attached hydrogen (secondary N) is 2. The highest BCUT2D eigenvalue weighted by atomic mass is 16.2. The Morgan fingerprint density at radius 3 is 1.60 bits per heavy atom. The van der Waals surface area contributed by atoms with Gasteiger partial charge in [-0.2, -0.15) is 0 Å². The molecule has 4 heteroatoms. The van der Waals surface area contributed by atoms with Crippen LogP contribution >= 0.6 is 0 Å². The van der Waals surface area contributed by atoms with Gasteiger partial charge in [-0.05, 0) is 37.5 Å². The number of amides is 2. The lowest BCUT2D eigenvalue weighted by atomic mass is 9.61. The van der Waals surface area contributed by atoms with E-state index in [-0.39, 0.29) is 35.5 Å². The van der Waals surface area contributed by atoms with Crippen LogP contribution in [0.2, 0.25) is 0 Å². The predicted octanol–water partition coefficient (Wildman–Crippen LogP) is 1.87. The molecular formula is C16H26N2O2. The number of hydrogen-bond acceptors (Lipinski definition) is 2. The maximum absolute atomic E-state index is 12.4. The summed E-state index contributed by atoms with van der Waals surface area (Å²) in [5.41, 5.74) is 0. The van der Waals surface area contributed by atoms with E-state index in [9.17, 15) is 9.59 Å². The topological polar surface area (TPSA) is 58.2 Å². The van der Waals surface area contributed by atoms with E-state index in [0.717, 1.165) is 25.7 Å². The van der Waals surface area contributed by atoms with E-state index in [1.165, 1.54) is 0 Å². The second-order valence-electron chi connectivity index (χ2n) is 5.92. The molecule has 2 bridgehead atoms. The van der Waals surface area contributed by atoms with Crippen molar-refractivity contribution in [3.63, 3.8) is 0 Å². The van der Waals surface area contributed by atoms with Crippen LogP contribution in [-0.4, -0.2) is 24.9 Å². The fourth-order valence-corrected chi connectivity index (χ4v) is 3.44. The van der Waals surface area contributed by atoms with Gasteiger partial charge >= 0.3 is 0 Å². The number of fused-ring (bicyclic) bond motifs is 2. The van der Waals surface area contributed by atoms with Gasteiger partial charge in [-0.1, -0.05) is 26.0 Å². The molecule has 0 radical (unpaired) electrons. The van der Waals surface area contributed by atoms with Gasteiger partial charge in [-0.25, -0.2) is 0 Å². The molecule has 4 nitrogen and oxygen atoms in total. The molecular weight excluding hydrogens is 252 g/mol. The summed E-state index contributed by atoms with van der Waals surface area (Å²) in [5, 5.41) is 5.95. The summed E-state index contributed by atoms with van der Waals surface area (Å²) in [6.45, 7) is 5.47. The minimum Gasteiger partial charge on any atom is -0.356 e. The second-order valence-corrected chi connectivity index (χ2v) is 5.92. The molecule has 0 aromatic carbocycles. The van der Waals surface area contributed by atoms with E-state index >= 15 is 0 Å². The third kappa shape index (κ3) is 3.05. The van der Waals surface area contributed by atoms with Gasteiger partial charge in [0.05, 0.1) is 11.8 Å². The van der Waals surface area contributed by atoms with Gasteiger partial charge in [0.25, 0.3) is 0 Å². The average Bonchev–Trinajstić information content (AvgIpc) is 2.50. The van der Waals surface area contributed by atoms with E-state index in [1.54, 1.807) is 0 Å². The first-order valence-corrected chi connectivity index (χ1v) is 7.92. The summed E-state index contributed by atoms with van der Waals surface area (Å²) >= 11 is 0. The zero-order valence-electron chi connectivity index (χ0n) is 12.5. The maximum atomic E-state index is 12.4. The molecule has 4 atom stereocenters. The molecule has 0 aromatic rings. The molecule has 0 unspecified atom stereocenters. The summed E-state index contributed by atoms with van der Waals surface area (Å²) < 4.78 is 0. The van der Waals surface area contributed by atoms with Crippen molar-refractivity contribution in [3.8, 4) is 0 Å². The van der Waals surface area contributed by atoms with E-state index < -0.39 is 0 Å². The predicted molar refractivity (Wildman–Crippen MR) is 78.9 cm³/mol. The molecule has 20 heavy (non-hydrogen) atoms. The van der Waals surface area contributed by atoms with Crippen molar-refractivity contribution in [2.45, 2.75) is 39.5 Å². The van der Waals surface area contributed by atoms with Crippen LogP contribution in [0.25, 0.3) is 0 Å². The first-order chi connectivity index (χ1) is 9.69. The highest BCUT2D eigenvalue weighted by molar-refractivity contribution is 5.89. The van der Waals surface area contributed by atoms with Crippen LogP contribution in [0.15, 0.2) is 12.2 Å². The molecule has 0 aromatic heterocycles. The standard InChI is InChI=1S/C16H26N2O2/c1-3-9-17-15(19)13-11-5-7-12(8-6-11)14(13)16(20)18-10-4-2/h5,7,11-14H,3-4,6,8-10H2,1-2H3,(H,17,19)(H,18,20)/t11-,12-,13-,14+/m0/s1. The lowest BCUT2D eigenvalue weighted by Crippen LogP contribution is -2.52. The van der Waals surface area contributed by atoms with Gasteiger partial charge in [-0.3, -0.25) is 9.59 Å². The minimum atomic E-state index is -0.179. The van der Waals surface area contributed by atoms with Crippen LogP contribution in [0, 0.1) is 23.7 Å². The molecule has 2 amide bonds. The van der Waals surface area contributed by atoms with Crippen molar-refractivity contribution >= 4 is 11.8 Å². The molecule has 1 fully saturated rings. The minimum absolute atomic E-state index is 0.0579. The zero-order chi connectivity index (χ0) is 14.5. The average molecular weight is 278 g/mol. The zero-order valence-corrected chi connectivity index (χ0v) is 12.5. The quantitative estimate of drug-likeness (QED) is 0.729. The maximum Gasteiger partial charge on any atom is 0.224 e. The molecule has 112 valence electrons. The fourth-order valence-electron chi connectivity index (χ4n) is 3.44. The fraction of sp³-hybridized carbons (Fsp3) is 0.750. The smallest absolute Gasteiger partial charge is 0.224 e. The number of carbonyl (C=O) groups excluding carboxylic acids is 2. The van der Waals surface area contributed by atoms with Crippen molar-refractivity contribution in [2.24, 2.45) is 23.7 Å². The van der Waals surface area contributed by atoms with Crippen LogP contribution in [0.4, 0.5) is 0 Å². The summed E-state index contributed by atoms with van der Waals surface area (Å²) in [7, 11) is 0. The Balaban J connectivity index is 2.11. The molecule has 0 aliphatic heterocycles. The molecule has 0 heterocycles. The summed E-state index contributed by atoms with van der Waals surface area (Å²) in [5.74, 6) is 0.220. The molecule has 3 rings (SSSR count). The second kappa shape index (κ2) is 6.91. The van der Waals surface area contributed by atoms with Crippen LogP contribution in [0.5, 0.6) is 0 Å². The molecule has 1 saturated carbocycles. The van der Waals surface area contributed by atoms with Gasteiger partial charge in [-0.15, -0.1) is 0 Å². The summed E-state index contributed by atoms with van der Waals surface area (Å²) in [6, 6.07) is 0. The number of rotatable bonds is 6. The van der Waals surface area contributed by atoms with Crippen molar-refractivity contribution in [1.82, 2.24) is 10.6 Å². The van der Waals surface area contributed by atoms with Crippen molar-refractivity contribution in [2.75, 3.05) is 13.1 Å². The largest absolute Gasteiger partial charge is 0.356 e. The van der Waals surface area contributed by atoms with E-state index in [1.807, 2.05) is 13.8 Å². The van der Waals surface area contributed by atoms with Gasteiger partial charge in [0, 0.05) is 13.1 Å². The van der Waals surface area contributed by atoms with Crippen LogP contribution in [0.1, 0.15) is 39.5 Å². The Hall–Kier alpha value is -1.32. The first-order valence-electron chi connectivity index (χ1n) is 7.92. The molecule has 3 aliphatic rings. The van der Waals surface area contributed by atoms with Crippen molar-refractivity contribution in [3.05, 3.63) is 12.2 Å². The summed E-state index contributed by atoms with van der Waals surface area (Å²) in [6.07, 6.45) is 8.21. The van der Waals surface area contributed by atoms with E-state index in [0.29, 0.717) is 13.1 Å². The van der Waals surface area contributed by atoms with E-state index in [2.05, 4.69) is 22.8 Å². The van der Waals surface area contributed by atoms with Crippen molar-refractivity contribution < 1.29 is 9.59 Å². The Bertz CT molecular complexity index is 356. The van der Waals surface area contributed by atoms with Crippen molar-refractivity contribution in [1.29, 1.82) is 0 Å².